The van der Waals surface area contributed by atoms with Crippen LogP contribution in [-0.2, 0) is 20.1 Å². The van der Waals surface area contributed by atoms with E-state index in [-0.39, 0.29) is 12.1 Å². The molecule has 0 aliphatic rings. The molecule has 1 aromatic carbocycles. The first-order valence-corrected chi connectivity index (χ1v) is 10.3. The zero-order valence-corrected chi connectivity index (χ0v) is 18.3. The Morgan fingerprint density at radius 1 is 1.13 bits per heavy atom. The molecule has 0 unspecified atom stereocenters. The van der Waals surface area contributed by atoms with Crippen molar-refractivity contribution in [2.45, 2.75) is 26.9 Å². The number of likely N-dealkylation sites (N-methyl/N-ethyl adjacent to an activating group) is 1. The summed E-state index contributed by atoms with van der Waals surface area (Å²) < 4.78 is 4.52. The quantitative estimate of drug-likeness (QED) is 0.502. The highest BCUT2D eigenvalue weighted by molar-refractivity contribution is 5.85. The average Bonchev–Trinajstić information content (AvgIpc) is 3.15. The van der Waals surface area contributed by atoms with Gasteiger partial charge in [0.2, 0.25) is 5.95 Å². The van der Waals surface area contributed by atoms with E-state index in [2.05, 4.69) is 9.97 Å². The first kappa shape index (κ1) is 20.8. The van der Waals surface area contributed by atoms with Crippen LogP contribution in [0.25, 0.3) is 21.9 Å². The number of benzene rings is 1. The van der Waals surface area contributed by atoms with Crippen LogP contribution in [0.2, 0.25) is 0 Å². The lowest BCUT2D eigenvalue weighted by Crippen LogP contribution is -2.40. The monoisotopic (exact) mass is 421 g/mol. The largest absolute Gasteiger partial charge is 0.344 e. The van der Waals surface area contributed by atoms with E-state index < -0.39 is 5.69 Å². The minimum Gasteiger partial charge on any atom is -0.344 e. The maximum atomic E-state index is 13.5. The van der Waals surface area contributed by atoms with Gasteiger partial charge in [-0.2, -0.15) is 4.98 Å². The molecule has 0 saturated carbocycles. The summed E-state index contributed by atoms with van der Waals surface area (Å²) in [5, 5.41) is 1.95. The third kappa shape index (κ3) is 3.40. The van der Waals surface area contributed by atoms with E-state index in [1.54, 1.807) is 7.05 Å². The molecule has 0 amide bonds. The number of nitrogens with two attached hydrogens (primary N) is 1. The lowest BCUT2D eigenvalue weighted by Gasteiger charge is -2.18. The highest BCUT2D eigenvalue weighted by atomic mass is 16.2. The van der Waals surface area contributed by atoms with Crippen molar-refractivity contribution < 1.29 is 0 Å². The normalized spacial score (nSPS) is 11.5. The number of nitrogens with zero attached hydrogens (tertiary/aromatic N) is 6. The van der Waals surface area contributed by atoms with Crippen molar-refractivity contribution >= 4 is 27.9 Å². The minimum atomic E-state index is -0.418. The first-order valence-electron chi connectivity index (χ1n) is 10.3. The Balaban J connectivity index is 1.97. The summed E-state index contributed by atoms with van der Waals surface area (Å²) in [7, 11) is 3.52. The number of rotatable bonds is 6. The van der Waals surface area contributed by atoms with Crippen molar-refractivity contribution in [3.8, 4) is 0 Å². The third-order valence-electron chi connectivity index (χ3n) is 5.59. The van der Waals surface area contributed by atoms with Crippen molar-refractivity contribution in [1.82, 2.24) is 23.7 Å². The van der Waals surface area contributed by atoms with Crippen LogP contribution in [0.5, 0.6) is 0 Å². The lowest BCUT2D eigenvalue weighted by atomic mass is 10.1. The molecule has 0 fully saturated rings. The first-order chi connectivity index (χ1) is 14.9. The van der Waals surface area contributed by atoms with Crippen LogP contribution in [0.1, 0.15) is 18.3 Å². The van der Waals surface area contributed by atoms with Gasteiger partial charge in [-0.25, -0.2) is 4.79 Å². The van der Waals surface area contributed by atoms with E-state index >= 15 is 0 Å². The summed E-state index contributed by atoms with van der Waals surface area (Å²) in [6.45, 7) is 5.53. The number of pyridine rings is 1. The molecule has 0 saturated heterocycles. The maximum Gasteiger partial charge on any atom is 0.332 e. The molecule has 9 nitrogen and oxygen atoms in total. The second kappa shape index (κ2) is 7.99. The van der Waals surface area contributed by atoms with Gasteiger partial charge in [-0.05, 0) is 25.3 Å². The number of hydrogen-bond acceptors (Lipinski definition) is 6. The Kier molecular flexibility index (Phi) is 5.36. The topological polar surface area (TPSA) is 104 Å². The Morgan fingerprint density at radius 3 is 2.58 bits per heavy atom. The summed E-state index contributed by atoms with van der Waals surface area (Å²) in [6, 6.07) is 9.85. The molecule has 2 N–H and O–H groups in total. The highest BCUT2D eigenvalue weighted by Gasteiger charge is 2.22. The van der Waals surface area contributed by atoms with Crippen molar-refractivity contribution in [2.24, 2.45) is 12.8 Å². The Bertz CT molecular complexity index is 1400. The SMILES string of the molecule is CCn1c(N(C)CCN)nc2c1c(=O)n(Cc1nc(C)cc3ccccc13)c(=O)n2C. The molecule has 162 valence electrons. The van der Waals surface area contributed by atoms with E-state index in [0.717, 1.165) is 16.5 Å². The van der Waals surface area contributed by atoms with Gasteiger partial charge in [0.25, 0.3) is 5.56 Å². The zero-order chi connectivity index (χ0) is 22.3. The van der Waals surface area contributed by atoms with Gasteiger partial charge < -0.3 is 15.2 Å². The number of fused-ring (bicyclic) bond motifs is 2. The molecule has 0 bridgehead atoms. The summed E-state index contributed by atoms with van der Waals surface area (Å²) in [4.78, 5) is 37.8. The van der Waals surface area contributed by atoms with Crippen LogP contribution < -0.4 is 21.9 Å². The molecule has 0 radical (unpaired) electrons. The molecule has 0 atom stereocenters. The van der Waals surface area contributed by atoms with Gasteiger partial charge in [0.15, 0.2) is 11.2 Å². The third-order valence-corrected chi connectivity index (χ3v) is 5.59. The van der Waals surface area contributed by atoms with Gasteiger partial charge in [-0.15, -0.1) is 0 Å². The minimum absolute atomic E-state index is 0.0898. The predicted molar refractivity (Wildman–Crippen MR) is 123 cm³/mol. The van der Waals surface area contributed by atoms with Gasteiger partial charge >= 0.3 is 5.69 Å². The number of anilines is 1. The molecule has 9 heteroatoms. The fourth-order valence-corrected chi connectivity index (χ4v) is 4.07. The smallest absolute Gasteiger partial charge is 0.332 e. The highest BCUT2D eigenvalue weighted by Crippen LogP contribution is 2.20. The number of aromatic nitrogens is 5. The zero-order valence-electron chi connectivity index (χ0n) is 18.3. The Morgan fingerprint density at radius 2 is 1.87 bits per heavy atom. The standard InChI is InChI=1S/C22H27N7O2/c1-5-28-18-19(25-21(28)26(3)11-10-23)27(4)22(31)29(20(18)30)13-17-16-9-7-6-8-15(16)12-14(2)24-17/h6-9,12H,5,10-11,13,23H2,1-4H3. The molecule has 4 rings (SSSR count). The number of aryl methyl sites for hydroxylation is 3. The molecule has 4 aromatic rings. The number of hydrogen-bond donors (Lipinski definition) is 1. The van der Waals surface area contributed by atoms with Crippen LogP contribution in [0.4, 0.5) is 5.95 Å². The Hall–Kier alpha value is -3.46. The predicted octanol–water partition coefficient (Wildman–Crippen LogP) is 1.22. The fourth-order valence-electron chi connectivity index (χ4n) is 4.07. The molecule has 3 aromatic heterocycles. The van der Waals surface area contributed by atoms with Crippen molar-refractivity contribution in [1.29, 1.82) is 0 Å². The van der Waals surface area contributed by atoms with Crippen LogP contribution in [0.3, 0.4) is 0 Å². The van der Waals surface area contributed by atoms with Gasteiger partial charge in [-0.1, -0.05) is 24.3 Å². The molecule has 0 aliphatic heterocycles. The van der Waals surface area contributed by atoms with Crippen LogP contribution in [0, 0.1) is 6.92 Å². The molecular weight excluding hydrogens is 394 g/mol. The molecule has 3 heterocycles. The van der Waals surface area contributed by atoms with Crippen LogP contribution in [0.15, 0.2) is 39.9 Å². The van der Waals surface area contributed by atoms with Crippen molar-refractivity contribution in [3.05, 3.63) is 62.6 Å². The Labute approximate surface area is 179 Å². The molecule has 0 aliphatic carbocycles. The van der Waals surface area contributed by atoms with Gasteiger partial charge in [0.1, 0.15) is 0 Å². The van der Waals surface area contributed by atoms with Crippen LogP contribution >= 0.6 is 0 Å². The van der Waals surface area contributed by atoms with Gasteiger partial charge in [0, 0.05) is 44.8 Å². The van der Waals surface area contributed by atoms with E-state index in [1.165, 1.54) is 9.13 Å². The van der Waals surface area contributed by atoms with Crippen LogP contribution in [-0.4, -0.2) is 43.8 Å². The summed E-state index contributed by atoms with van der Waals surface area (Å²) in [6.07, 6.45) is 0. The molecular formula is C22H27N7O2. The second-order valence-corrected chi connectivity index (χ2v) is 7.70. The summed E-state index contributed by atoms with van der Waals surface area (Å²) in [5.41, 5.74) is 7.21. The van der Waals surface area contributed by atoms with Gasteiger partial charge in [-0.3, -0.25) is 18.9 Å². The second-order valence-electron chi connectivity index (χ2n) is 7.70. The molecule has 31 heavy (non-hydrogen) atoms. The van der Waals surface area contributed by atoms with E-state index in [9.17, 15) is 9.59 Å². The van der Waals surface area contributed by atoms with E-state index in [1.807, 2.05) is 60.7 Å². The number of imidazole rings is 1. The molecule has 0 spiro atoms. The van der Waals surface area contributed by atoms with Crippen molar-refractivity contribution in [3.63, 3.8) is 0 Å². The van der Waals surface area contributed by atoms with E-state index in [4.69, 9.17) is 5.73 Å². The fraction of sp³-hybridized carbons (Fsp3) is 0.364. The maximum absolute atomic E-state index is 13.5. The average molecular weight is 422 g/mol. The summed E-state index contributed by atoms with van der Waals surface area (Å²) >= 11 is 0. The van der Waals surface area contributed by atoms with Crippen molar-refractivity contribution in [2.75, 3.05) is 25.0 Å². The summed E-state index contributed by atoms with van der Waals surface area (Å²) in [5.74, 6) is 0.618. The lowest BCUT2D eigenvalue weighted by molar-refractivity contribution is 0.644. The van der Waals surface area contributed by atoms with Gasteiger partial charge in [0.05, 0.1) is 12.2 Å². The van der Waals surface area contributed by atoms with E-state index in [0.29, 0.717) is 42.4 Å².